The van der Waals surface area contributed by atoms with Crippen molar-refractivity contribution in [2.75, 3.05) is 12.4 Å². The van der Waals surface area contributed by atoms with Gasteiger partial charge in [-0.05, 0) is 58.1 Å². The van der Waals surface area contributed by atoms with Crippen molar-refractivity contribution >= 4 is 41.2 Å². The van der Waals surface area contributed by atoms with E-state index in [1.165, 1.54) is 7.11 Å². The number of ether oxygens (including phenoxy) is 2. The van der Waals surface area contributed by atoms with E-state index in [1.54, 1.807) is 32.9 Å². The molecule has 0 fully saturated rings. The van der Waals surface area contributed by atoms with Crippen LogP contribution in [0, 0.1) is 0 Å². The Bertz CT molecular complexity index is 838. The summed E-state index contributed by atoms with van der Waals surface area (Å²) in [7, 11) is 1.36. The quantitative estimate of drug-likeness (QED) is 0.306. The normalized spacial score (nSPS) is 11.9. The highest BCUT2D eigenvalue weighted by molar-refractivity contribution is 6.34. The Labute approximate surface area is 199 Å². The molecule has 4 N–H and O–H groups in total. The van der Waals surface area contributed by atoms with Gasteiger partial charge < -0.3 is 25.8 Å². The maximum absolute atomic E-state index is 12.8. The first kappa shape index (κ1) is 28.2. The fourth-order valence-corrected chi connectivity index (χ4v) is 3.23. The van der Waals surface area contributed by atoms with Crippen LogP contribution in [-0.4, -0.2) is 42.6 Å². The van der Waals surface area contributed by atoms with Gasteiger partial charge in [0.05, 0.1) is 17.8 Å². The fraction of sp³-hybridized carbons (Fsp3) is 0.565. The van der Waals surface area contributed by atoms with E-state index in [0.29, 0.717) is 23.6 Å². The van der Waals surface area contributed by atoms with Gasteiger partial charge in [-0.1, -0.05) is 30.2 Å². The maximum Gasteiger partial charge on any atom is 0.408 e. The fourth-order valence-electron chi connectivity index (χ4n) is 2.96. The molecule has 0 aliphatic rings. The van der Waals surface area contributed by atoms with E-state index >= 15 is 0 Å². The summed E-state index contributed by atoms with van der Waals surface area (Å²) in [4.78, 5) is 47.4. The second-order valence-corrected chi connectivity index (χ2v) is 8.99. The van der Waals surface area contributed by atoms with Gasteiger partial charge >= 0.3 is 12.1 Å². The smallest absolute Gasteiger partial charge is 0.408 e. The van der Waals surface area contributed by atoms with Crippen LogP contribution in [0.25, 0.3) is 0 Å². The third-order valence-electron chi connectivity index (χ3n) is 4.58. The van der Waals surface area contributed by atoms with Crippen molar-refractivity contribution in [1.82, 2.24) is 5.32 Å². The van der Waals surface area contributed by atoms with Crippen molar-refractivity contribution in [2.24, 2.45) is 5.73 Å². The van der Waals surface area contributed by atoms with Gasteiger partial charge in [-0.3, -0.25) is 14.4 Å². The number of amides is 3. The molecular weight excluding hydrogens is 450 g/mol. The summed E-state index contributed by atoms with van der Waals surface area (Å²) in [5.74, 6) is -1.37. The maximum atomic E-state index is 12.8. The van der Waals surface area contributed by atoms with E-state index in [1.807, 2.05) is 6.07 Å². The summed E-state index contributed by atoms with van der Waals surface area (Å²) in [6.07, 6.45) is 2.55. The van der Waals surface area contributed by atoms with Crippen LogP contribution in [-0.2, 0) is 30.3 Å². The highest BCUT2D eigenvalue weighted by atomic mass is 35.5. The van der Waals surface area contributed by atoms with Crippen LogP contribution >= 0.6 is 11.6 Å². The third-order valence-corrected chi connectivity index (χ3v) is 5.02. The molecule has 1 aromatic carbocycles. The molecule has 0 spiro atoms. The molecule has 33 heavy (non-hydrogen) atoms. The number of hydrogen-bond donors (Lipinski definition) is 3. The van der Waals surface area contributed by atoms with E-state index < -0.39 is 29.6 Å². The summed E-state index contributed by atoms with van der Waals surface area (Å²) in [5.41, 5.74) is 5.70. The zero-order valence-electron chi connectivity index (χ0n) is 19.7. The number of alkyl carbamates (subject to hydrolysis) is 1. The first-order valence-corrected chi connectivity index (χ1v) is 11.2. The molecule has 0 unspecified atom stereocenters. The number of benzene rings is 1. The topological polar surface area (TPSA) is 137 Å². The molecule has 0 radical (unpaired) electrons. The second-order valence-electron chi connectivity index (χ2n) is 8.61. The van der Waals surface area contributed by atoms with E-state index in [2.05, 4.69) is 15.4 Å². The SMILES string of the molecule is COC(=O)CCCCCc1cccc(NC(=O)[C@H](CCC(N)=O)NC(=O)OC(C)(C)C)c1Cl. The van der Waals surface area contributed by atoms with E-state index in [9.17, 15) is 19.2 Å². The molecule has 0 bridgehead atoms. The zero-order chi connectivity index (χ0) is 25.0. The molecule has 10 heteroatoms. The number of anilines is 1. The number of carbonyl (C=O) groups excluding carboxylic acids is 4. The van der Waals surface area contributed by atoms with Crippen LogP contribution in [0.4, 0.5) is 10.5 Å². The second kappa shape index (κ2) is 13.7. The Morgan fingerprint density at radius 1 is 1.09 bits per heavy atom. The molecule has 184 valence electrons. The molecule has 0 aliphatic heterocycles. The average molecular weight is 484 g/mol. The van der Waals surface area contributed by atoms with Gasteiger partial charge in [-0.25, -0.2) is 4.79 Å². The van der Waals surface area contributed by atoms with Gasteiger partial charge in [-0.15, -0.1) is 0 Å². The minimum Gasteiger partial charge on any atom is -0.469 e. The van der Waals surface area contributed by atoms with Crippen LogP contribution in [0.1, 0.15) is 64.9 Å². The molecule has 1 aromatic rings. The Balaban J connectivity index is 2.79. The molecule has 0 aliphatic carbocycles. The number of methoxy groups -OCH3 is 1. The minimum absolute atomic E-state index is 0.0118. The molecule has 3 amide bonds. The summed E-state index contributed by atoms with van der Waals surface area (Å²) >= 11 is 6.49. The average Bonchev–Trinajstić information content (AvgIpc) is 2.71. The van der Waals surface area contributed by atoms with Gasteiger partial charge in [0.2, 0.25) is 11.8 Å². The Kier molecular flexibility index (Phi) is 11.7. The number of carbonyl (C=O) groups is 4. The first-order valence-electron chi connectivity index (χ1n) is 10.9. The minimum atomic E-state index is -1.04. The molecule has 0 saturated heterocycles. The van der Waals surface area contributed by atoms with Crippen molar-refractivity contribution < 1.29 is 28.7 Å². The standard InChI is InChI=1S/C23H34ClN3O6/c1-23(2,3)33-22(31)27-17(13-14-18(25)28)21(30)26-16-11-8-10-15(20(16)24)9-6-5-7-12-19(29)32-4/h8,10-11,17H,5-7,9,12-14H2,1-4H3,(H2,25,28)(H,26,30)(H,27,31)/t17-/m0/s1. The van der Waals surface area contributed by atoms with Gasteiger partial charge in [0.15, 0.2) is 0 Å². The lowest BCUT2D eigenvalue weighted by Gasteiger charge is -2.23. The largest absolute Gasteiger partial charge is 0.469 e. The van der Waals surface area contributed by atoms with Crippen LogP contribution < -0.4 is 16.4 Å². The van der Waals surface area contributed by atoms with Crippen molar-refractivity contribution in [2.45, 2.75) is 77.4 Å². The Morgan fingerprint density at radius 3 is 2.39 bits per heavy atom. The number of nitrogens with two attached hydrogens (primary N) is 1. The van der Waals surface area contributed by atoms with Crippen molar-refractivity contribution in [1.29, 1.82) is 0 Å². The predicted molar refractivity (Wildman–Crippen MR) is 126 cm³/mol. The van der Waals surface area contributed by atoms with E-state index in [-0.39, 0.29) is 18.8 Å². The van der Waals surface area contributed by atoms with Crippen molar-refractivity contribution in [3.63, 3.8) is 0 Å². The van der Waals surface area contributed by atoms with Gasteiger partial charge in [-0.2, -0.15) is 0 Å². The lowest BCUT2D eigenvalue weighted by Crippen LogP contribution is -2.46. The summed E-state index contributed by atoms with van der Waals surface area (Å²) in [6, 6.07) is 4.25. The first-order chi connectivity index (χ1) is 15.4. The number of halogens is 1. The number of unbranched alkanes of at least 4 members (excludes halogenated alkanes) is 2. The number of nitrogens with one attached hydrogen (secondary N) is 2. The van der Waals surface area contributed by atoms with Gasteiger partial charge in [0.1, 0.15) is 11.6 Å². The number of esters is 1. The van der Waals surface area contributed by atoms with Crippen LogP contribution in [0.3, 0.4) is 0 Å². The van der Waals surface area contributed by atoms with Crippen LogP contribution in [0.5, 0.6) is 0 Å². The monoisotopic (exact) mass is 483 g/mol. The number of aryl methyl sites for hydroxylation is 1. The molecule has 9 nitrogen and oxygen atoms in total. The predicted octanol–water partition coefficient (Wildman–Crippen LogP) is 3.71. The molecule has 0 heterocycles. The number of hydrogen-bond acceptors (Lipinski definition) is 6. The van der Waals surface area contributed by atoms with Crippen molar-refractivity contribution in [3.05, 3.63) is 28.8 Å². The lowest BCUT2D eigenvalue weighted by molar-refractivity contribution is -0.140. The number of primary amides is 1. The van der Waals surface area contributed by atoms with E-state index in [0.717, 1.165) is 24.8 Å². The highest BCUT2D eigenvalue weighted by Crippen LogP contribution is 2.27. The molecular formula is C23H34ClN3O6. The van der Waals surface area contributed by atoms with Crippen molar-refractivity contribution in [3.8, 4) is 0 Å². The third kappa shape index (κ3) is 11.6. The van der Waals surface area contributed by atoms with Crippen LogP contribution in [0.2, 0.25) is 5.02 Å². The molecule has 1 atom stereocenters. The summed E-state index contributed by atoms with van der Waals surface area (Å²) in [5, 5.41) is 5.59. The lowest BCUT2D eigenvalue weighted by atomic mass is 10.0. The Hall–Kier alpha value is -2.81. The molecule has 0 saturated carbocycles. The Morgan fingerprint density at radius 2 is 1.79 bits per heavy atom. The molecule has 1 rings (SSSR count). The summed E-state index contributed by atoms with van der Waals surface area (Å²) < 4.78 is 9.83. The van der Waals surface area contributed by atoms with Gasteiger partial charge in [0, 0.05) is 12.8 Å². The number of rotatable bonds is 12. The molecule has 0 aromatic heterocycles. The van der Waals surface area contributed by atoms with Crippen LogP contribution in [0.15, 0.2) is 18.2 Å². The highest BCUT2D eigenvalue weighted by Gasteiger charge is 2.25. The van der Waals surface area contributed by atoms with E-state index in [4.69, 9.17) is 22.1 Å². The van der Waals surface area contributed by atoms with Gasteiger partial charge in [0.25, 0.3) is 0 Å². The summed E-state index contributed by atoms with van der Waals surface area (Å²) in [6.45, 7) is 5.10. The zero-order valence-corrected chi connectivity index (χ0v) is 20.4.